The Kier molecular flexibility index (Phi) is 1.77. The normalized spacial score (nSPS) is 26.8. The van der Waals surface area contributed by atoms with Gasteiger partial charge in [-0.3, -0.25) is 0 Å². The molecule has 0 aromatic heterocycles. The van der Waals surface area contributed by atoms with Crippen LogP contribution in [0.25, 0.3) is 0 Å². The van der Waals surface area contributed by atoms with Gasteiger partial charge < -0.3 is 0 Å². The third kappa shape index (κ3) is 1.24. The Morgan fingerprint density at radius 1 is 1.56 bits per heavy atom. The highest BCUT2D eigenvalue weighted by atomic mass is 32.2. The number of hydrogen-bond acceptors (Lipinski definition) is 2. The Morgan fingerprint density at radius 3 is 2.44 bits per heavy atom. The maximum atomic E-state index is 10.9. The summed E-state index contributed by atoms with van der Waals surface area (Å²) in [6, 6.07) is 0. The van der Waals surface area contributed by atoms with Crippen LogP contribution in [0.15, 0.2) is 0 Å². The smallest absolute Gasteiger partial charge is 0.212 e. The summed E-state index contributed by atoms with van der Waals surface area (Å²) in [6.45, 7) is 4.55. The molecule has 0 unspecified atom stereocenters. The van der Waals surface area contributed by atoms with E-state index in [0.29, 0.717) is 18.8 Å². The molecule has 53 valence electrons. The van der Waals surface area contributed by atoms with Gasteiger partial charge in [0, 0.05) is 13.1 Å². The highest BCUT2D eigenvalue weighted by molar-refractivity contribution is 7.89. The van der Waals surface area contributed by atoms with Crippen LogP contribution in [0.4, 0.5) is 0 Å². The van der Waals surface area contributed by atoms with E-state index in [-0.39, 0.29) is 0 Å². The largest absolute Gasteiger partial charge is 0.214 e. The topological polar surface area (TPSA) is 37.4 Å². The van der Waals surface area contributed by atoms with E-state index < -0.39 is 10.0 Å². The summed E-state index contributed by atoms with van der Waals surface area (Å²) < 4.78 is 23.2. The lowest BCUT2D eigenvalue weighted by atomic mass is 10.5. The zero-order valence-electron chi connectivity index (χ0n) is 5.21. The fourth-order valence-corrected chi connectivity index (χ4v) is 2.38. The van der Waals surface area contributed by atoms with Gasteiger partial charge in [0.25, 0.3) is 0 Å². The van der Waals surface area contributed by atoms with Gasteiger partial charge in [-0.05, 0) is 13.3 Å². The van der Waals surface area contributed by atoms with Gasteiger partial charge in [-0.25, -0.2) is 12.7 Å². The molecular formula is C5H10NO2S. The van der Waals surface area contributed by atoms with Crippen LogP contribution < -0.4 is 0 Å². The monoisotopic (exact) mass is 148 g/mol. The molecule has 0 spiro atoms. The highest BCUT2D eigenvalue weighted by Crippen LogP contribution is 2.11. The zero-order valence-corrected chi connectivity index (χ0v) is 6.02. The third-order valence-corrected chi connectivity index (χ3v) is 3.41. The molecule has 0 bridgehead atoms. The predicted molar refractivity (Wildman–Crippen MR) is 35.3 cm³/mol. The molecule has 0 aromatic carbocycles. The van der Waals surface area contributed by atoms with Crippen molar-refractivity contribution in [2.75, 3.05) is 18.8 Å². The van der Waals surface area contributed by atoms with Gasteiger partial charge in [-0.15, -0.1) is 0 Å². The van der Waals surface area contributed by atoms with Crippen molar-refractivity contribution < 1.29 is 8.42 Å². The Hall–Kier alpha value is -0.0900. The predicted octanol–water partition coefficient (Wildman–Crippen LogP) is -0.144. The lowest BCUT2D eigenvalue weighted by Crippen LogP contribution is -2.25. The van der Waals surface area contributed by atoms with E-state index in [4.69, 9.17) is 0 Å². The molecule has 1 heterocycles. The number of hydrogen-bond donors (Lipinski definition) is 0. The molecule has 0 atom stereocenters. The van der Waals surface area contributed by atoms with E-state index in [0.717, 1.165) is 6.42 Å². The molecule has 3 nitrogen and oxygen atoms in total. The first-order chi connectivity index (χ1) is 4.17. The minimum Gasteiger partial charge on any atom is -0.212 e. The SMILES string of the molecule is [CH2]CN1CCCS1(=O)=O. The van der Waals surface area contributed by atoms with Crippen molar-refractivity contribution in [1.82, 2.24) is 4.31 Å². The highest BCUT2D eigenvalue weighted by Gasteiger charge is 2.25. The number of nitrogens with zero attached hydrogens (tertiary/aromatic N) is 1. The van der Waals surface area contributed by atoms with E-state index in [1.807, 2.05) is 0 Å². The van der Waals surface area contributed by atoms with Gasteiger partial charge in [0.15, 0.2) is 0 Å². The third-order valence-electron chi connectivity index (χ3n) is 1.45. The van der Waals surface area contributed by atoms with E-state index >= 15 is 0 Å². The van der Waals surface area contributed by atoms with E-state index in [1.165, 1.54) is 4.31 Å². The molecule has 0 aliphatic carbocycles. The summed E-state index contributed by atoms with van der Waals surface area (Å²) in [5, 5.41) is 0. The fraction of sp³-hybridized carbons (Fsp3) is 0.800. The van der Waals surface area contributed by atoms with Gasteiger partial charge >= 0.3 is 0 Å². The molecular weight excluding hydrogens is 138 g/mol. The minimum atomic E-state index is -2.87. The van der Waals surface area contributed by atoms with Gasteiger partial charge in [0.05, 0.1) is 5.75 Å². The molecule has 9 heavy (non-hydrogen) atoms. The van der Waals surface area contributed by atoms with Crippen LogP contribution in [-0.4, -0.2) is 31.6 Å². The van der Waals surface area contributed by atoms with Gasteiger partial charge in [0.2, 0.25) is 10.0 Å². The summed E-state index contributed by atoms with van der Waals surface area (Å²) in [5.74, 6) is 0.308. The Morgan fingerprint density at radius 2 is 2.22 bits per heavy atom. The van der Waals surface area contributed by atoms with Crippen LogP contribution in [0.1, 0.15) is 6.42 Å². The molecule has 1 fully saturated rings. The quantitative estimate of drug-likeness (QED) is 0.519. The maximum absolute atomic E-state index is 10.9. The van der Waals surface area contributed by atoms with Crippen LogP contribution >= 0.6 is 0 Å². The average molecular weight is 148 g/mol. The van der Waals surface area contributed by atoms with E-state index in [2.05, 4.69) is 6.92 Å². The van der Waals surface area contributed by atoms with Crippen LogP contribution in [0, 0.1) is 6.92 Å². The molecule has 0 saturated carbocycles. The molecule has 0 amide bonds. The molecule has 1 aliphatic rings. The molecule has 0 N–H and O–H groups in total. The van der Waals surface area contributed by atoms with Crippen LogP contribution in [-0.2, 0) is 10.0 Å². The standard InChI is InChI=1S/C5H10NO2S/c1-2-6-4-3-5-9(6,7)8/h1-5H2. The van der Waals surface area contributed by atoms with Crippen LogP contribution in [0.5, 0.6) is 0 Å². The summed E-state index contributed by atoms with van der Waals surface area (Å²) >= 11 is 0. The van der Waals surface area contributed by atoms with Gasteiger partial charge in [-0.1, -0.05) is 0 Å². The zero-order chi connectivity index (χ0) is 6.91. The van der Waals surface area contributed by atoms with Crippen molar-refractivity contribution in [2.45, 2.75) is 6.42 Å². The molecule has 1 saturated heterocycles. The second-order valence-electron chi connectivity index (χ2n) is 2.07. The summed E-state index contributed by atoms with van der Waals surface area (Å²) in [6.07, 6.45) is 0.762. The molecule has 1 rings (SSSR count). The van der Waals surface area contributed by atoms with Crippen LogP contribution in [0.3, 0.4) is 0 Å². The van der Waals surface area contributed by atoms with Gasteiger partial charge in [-0.2, -0.15) is 0 Å². The molecule has 4 heteroatoms. The van der Waals surface area contributed by atoms with Crippen molar-refractivity contribution in [3.8, 4) is 0 Å². The first-order valence-corrected chi connectivity index (χ1v) is 4.55. The number of sulfonamides is 1. The molecule has 1 radical (unpaired) electrons. The van der Waals surface area contributed by atoms with Crippen molar-refractivity contribution in [3.05, 3.63) is 6.92 Å². The van der Waals surface area contributed by atoms with Crippen molar-refractivity contribution in [2.24, 2.45) is 0 Å². The minimum absolute atomic E-state index is 0.308. The first kappa shape index (κ1) is 7.02. The van der Waals surface area contributed by atoms with Crippen LogP contribution in [0.2, 0.25) is 0 Å². The summed E-state index contributed by atoms with van der Waals surface area (Å²) in [5.41, 5.74) is 0. The first-order valence-electron chi connectivity index (χ1n) is 2.94. The molecule has 1 aliphatic heterocycles. The van der Waals surface area contributed by atoms with Crippen molar-refractivity contribution in [1.29, 1.82) is 0 Å². The lowest BCUT2D eigenvalue weighted by Gasteiger charge is -2.08. The van der Waals surface area contributed by atoms with Crippen molar-refractivity contribution >= 4 is 10.0 Å². The fourth-order valence-electron chi connectivity index (χ4n) is 0.942. The second-order valence-corrected chi connectivity index (χ2v) is 4.16. The van der Waals surface area contributed by atoms with Gasteiger partial charge in [0.1, 0.15) is 0 Å². The Labute approximate surface area is 55.7 Å². The molecule has 0 aromatic rings. The average Bonchev–Trinajstić information content (AvgIpc) is 2.08. The number of rotatable bonds is 1. The lowest BCUT2D eigenvalue weighted by molar-refractivity contribution is 0.477. The second kappa shape index (κ2) is 2.27. The maximum Gasteiger partial charge on any atom is 0.214 e. The Balaban J connectivity index is 2.75. The summed E-state index contributed by atoms with van der Waals surface area (Å²) in [7, 11) is -2.87. The van der Waals surface area contributed by atoms with E-state index in [9.17, 15) is 8.42 Å². The van der Waals surface area contributed by atoms with Crippen molar-refractivity contribution in [3.63, 3.8) is 0 Å². The van der Waals surface area contributed by atoms with E-state index in [1.54, 1.807) is 0 Å². The summed E-state index contributed by atoms with van der Waals surface area (Å²) in [4.78, 5) is 0. The Bertz CT molecular complexity index is 185.